The second-order valence-electron chi connectivity index (χ2n) is 7.25. The van der Waals surface area contributed by atoms with Crippen molar-refractivity contribution in [2.45, 2.75) is 38.6 Å². The van der Waals surface area contributed by atoms with E-state index in [0.29, 0.717) is 24.1 Å². The summed E-state index contributed by atoms with van der Waals surface area (Å²) in [6.07, 6.45) is 1.88. The molecule has 3 rings (SSSR count). The van der Waals surface area contributed by atoms with Crippen molar-refractivity contribution in [1.29, 1.82) is 0 Å². The van der Waals surface area contributed by atoms with Gasteiger partial charge in [-0.25, -0.2) is 9.18 Å². The molecule has 7 heteroatoms. The number of hydrogen-bond donors (Lipinski definition) is 2. The number of nitrogens with one attached hydrogen (secondary N) is 2. The molecule has 1 aliphatic rings. The molecule has 6 nitrogen and oxygen atoms in total. The van der Waals surface area contributed by atoms with Crippen LogP contribution < -0.4 is 10.6 Å². The summed E-state index contributed by atoms with van der Waals surface area (Å²) in [7, 11) is 0. The molecule has 0 spiro atoms. The second kappa shape index (κ2) is 8.43. The topological polar surface area (TPSA) is 78.5 Å². The van der Waals surface area contributed by atoms with Gasteiger partial charge in [0, 0.05) is 5.69 Å². The maximum absolute atomic E-state index is 13.4. The number of aryl methyl sites for hydroxylation is 1. The van der Waals surface area contributed by atoms with Crippen LogP contribution in [0.1, 0.15) is 37.3 Å². The second-order valence-corrected chi connectivity index (χ2v) is 7.25. The van der Waals surface area contributed by atoms with Crippen LogP contribution in [0.4, 0.5) is 14.9 Å². The number of halogens is 1. The molecular formula is C22H24FN3O3. The van der Waals surface area contributed by atoms with Gasteiger partial charge in [0.1, 0.15) is 17.9 Å². The molecule has 1 fully saturated rings. The number of rotatable bonds is 7. The first-order valence-electron chi connectivity index (χ1n) is 9.62. The van der Waals surface area contributed by atoms with Gasteiger partial charge in [0.2, 0.25) is 5.91 Å². The van der Waals surface area contributed by atoms with Crippen molar-refractivity contribution in [3.05, 3.63) is 65.5 Å². The molecule has 4 amide bonds. The van der Waals surface area contributed by atoms with Crippen LogP contribution in [0.2, 0.25) is 0 Å². The predicted octanol–water partition coefficient (Wildman–Crippen LogP) is 3.71. The van der Waals surface area contributed by atoms with E-state index in [0.717, 1.165) is 16.9 Å². The van der Waals surface area contributed by atoms with E-state index in [1.165, 1.54) is 24.3 Å². The van der Waals surface area contributed by atoms with Crippen LogP contribution in [0.3, 0.4) is 0 Å². The van der Waals surface area contributed by atoms with Gasteiger partial charge in [0.15, 0.2) is 0 Å². The third kappa shape index (κ3) is 4.29. The van der Waals surface area contributed by atoms with Crippen molar-refractivity contribution in [2.24, 2.45) is 0 Å². The monoisotopic (exact) mass is 397 g/mol. The smallest absolute Gasteiger partial charge is 0.325 e. The molecule has 1 saturated heterocycles. The van der Waals surface area contributed by atoms with Crippen molar-refractivity contribution in [3.8, 4) is 0 Å². The molecule has 152 valence electrons. The Hall–Kier alpha value is -3.22. The lowest BCUT2D eigenvalue weighted by molar-refractivity contribution is -0.134. The predicted molar refractivity (Wildman–Crippen MR) is 108 cm³/mol. The first-order valence-corrected chi connectivity index (χ1v) is 9.62. The zero-order valence-corrected chi connectivity index (χ0v) is 16.5. The maximum Gasteiger partial charge on any atom is 0.325 e. The summed E-state index contributed by atoms with van der Waals surface area (Å²) in [6.45, 7) is 3.48. The number of anilines is 1. The van der Waals surface area contributed by atoms with Crippen molar-refractivity contribution >= 4 is 23.5 Å². The molecule has 0 radical (unpaired) electrons. The number of unbranched alkanes of at least 4 members (excludes halogenated alkanes) is 1. The highest BCUT2D eigenvalue weighted by molar-refractivity contribution is 6.10. The van der Waals surface area contributed by atoms with Crippen molar-refractivity contribution in [2.75, 3.05) is 11.9 Å². The third-order valence-electron chi connectivity index (χ3n) is 5.02. The van der Waals surface area contributed by atoms with E-state index >= 15 is 0 Å². The van der Waals surface area contributed by atoms with E-state index in [9.17, 15) is 18.8 Å². The fourth-order valence-electron chi connectivity index (χ4n) is 3.52. The number of carbonyl (C=O) groups is 3. The summed E-state index contributed by atoms with van der Waals surface area (Å²) in [5.74, 6) is -1.39. The normalized spacial score (nSPS) is 18.7. The first kappa shape index (κ1) is 20.5. The number of carbonyl (C=O) groups excluding carboxylic acids is 3. The summed E-state index contributed by atoms with van der Waals surface area (Å²) in [6, 6.07) is 12.1. The Morgan fingerprint density at radius 2 is 1.90 bits per heavy atom. The number of amides is 4. The van der Waals surface area contributed by atoms with Crippen LogP contribution in [0.25, 0.3) is 0 Å². The molecule has 0 aromatic heterocycles. The lowest BCUT2D eigenvalue weighted by atomic mass is 9.85. The van der Waals surface area contributed by atoms with Gasteiger partial charge < -0.3 is 10.6 Å². The Kier molecular flexibility index (Phi) is 5.96. The van der Waals surface area contributed by atoms with Crippen LogP contribution in [0.15, 0.2) is 48.5 Å². The molecule has 2 N–H and O–H groups in total. The summed E-state index contributed by atoms with van der Waals surface area (Å²) in [5.41, 5.74) is 0.794. The van der Waals surface area contributed by atoms with Gasteiger partial charge in [-0.3, -0.25) is 14.5 Å². The van der Waals surface area contributed by atoms with Gasteiger partial charge in [0.05, 0.1) is 0 Å². The van der Waals surface area contributed by atoms with Crippen LogP contribution in [0, 0.1) is 12.7 Å². The number of urea groups is 1. The molecule has 1 heterocycles. The molecule has 2 aromatic rings. The van der Waals surface area contributed by atoms with Gasteiger partial charge in [-0.05, 0) is 48.7 Å². The minimum absolute atomic E-state index is 0.371. The molecule has 29 heavy (non-hydrogen) atoms. The van der Waals surface area contributed by atoms with E-state index in [4.69, 9.17) is 0 Å². The summed E-state index contributed by atoms with van der Waals surface area (Å²) < 4.78 is 13.4. The summed E-state index contributed by atoms with van der Waals surface area (Å²) >= 11 is 0. The molecule has 1 atom stereocenters. The van der Waals surface area contributed by atoms with Crippen molar-refractivity contribution < 1.29 is 18.8 Å². The number of imide groups is 1. The van der Waals surface area contributed by atoms with E-state index in [-0.39, 0.29) is 0 Å². The Labute approximate surface area is 169 Å². The molecule has 0 aliphatic carbocycles. The highest BCUT2D eigenvalue weighted by Crippen LogP contribution is 2.34. The Morgan fingerprint density at radius 3 is 2.55 bits per heavy atom. The zero-order chi connectivity index (χ0) is 21.0. The van der Waals surface area contributed by atoms with E-state index < -0.39 is 35.7 Å². The van der Waals surface area contributed by atoms with Gasteiger partial charge >= 0.3 is 6.03 Å². The quantitative estimate of drug-likeness (QED) is 0.699. The highest BCUT2D eigenvalue weighted by atomic mass is 19.1. The number of benzene rings is 2. The standard InChI is InChI=1S/C22H24FN3O3/c1-3-4-12-22(16-8-10-17(23)11-9-16)20(28)26(21(29)25-22)14-19(27)24-18-7-5-6-15(2)13-18/h5-11,13H,3-4,12,14H2,1-2H3,(H,24,27)(H,25,29). The average Bonchev–Trinajstić information content (AvgIpc) is 2.92. The lowest BCUT2D eigenvalue weighted by Crippen LogP contribution is -2.44. The van der Waals surface area contributed by atoms with Gasteiger partial charge in [-0.15, -0.1) is 0 Å². The number of nitrogens with zero attached hydrogens (tertiary/aromatic N) is 1. The van der Waals surface area contributed by atoms with Gasteiger partial charge in [-0.1, -0.05) is 44.0 Å². The average molecular weight is 397 g/mol. The highest BCUT2D eigenvalue weighted by Gasteiger charge is 2.52. The molecular weight excluding hydrogens is 373 g/mol. The Balaban J connectivity index is 1.81. The minimum Gasteiger partial charge on any atom is -0.325 e. The maximum atomic E-state index is 13.4. The van der Waals surface area contributed by atoms with Crippen molar-refractivity contribution in [3.63, 3.8) is 0 Å². The minimum atomic E-state index is -1.29. The molecule has 0 bridgehead atoms. The third-order valence-corrected chi connectivity index (χ3v) is 5.02. The summed E-state index contributed by atoms with van der Waals surface area (Å²) in [4.78, 5) is 39.2. The SMILES string of the molecule is CCCCC1(c2ccc(F)cc2)NC(=O)N(CC(=O)Nc2cccc(C)c2)C1=O. The van der Waals surface area contributed by atoms with Crippen LogP contribution >= 0.6 is 0 Å². The van der Waals surface area contributed by atoms with Gasteiger partial charge in [0.25, 0.3) is 5.91 Å². The summed E-state index contributed by atoms with van der Waals surface area (Å²) in [5, 5.41) is 5.46. The van der Waals surface area contributed by atoms with Crippen LogP contribution in [-0.4, -0.2) is 29.3 Å². The Morgan fingerprint density at radius 1 is 1.17 bits per heavy atom. The lowest BCUT2D eigenvalue weighted by Gasteiger charge is -2.27. The van der Waals surface area contributed by atoms with Crippen molar-refractivity contribution in [1.82, 2.24) is 10.2 Å². The van der Waals surface area contributed by atoms with Crippen LogP contribution in [-0.2, 0) is 15.1 Å². The van der Waals surface area contributed by atoms with E-state index in [2.05, 4.69) is 10.6 Å². The Bertz CT molecular complexity index is 929. The molecule has 1 unspecified atom stereocenters. The fourth-order valence-corrected chi connectivity index (χ4v) is 3.52. The zero-order valence-electron chi connectivity index (χ0n) is 16.5. The molecule has 1 aliphatic heterocycles. The van der Waals surface area contributed by atoms with Gasteiger partial charge in [-0.2, -0.15) is 0 Å². The first-order chi connectivity index (χ1) is 13.9. The molecule has 0 saturated carbocycles. The van der Waals surface area contributed by atoms with Crippen LogP contribution in [0.5, 0.6) is 0 Å². The van der Waals surface area contributed by atoms with E-state index in [1.54, 1.807) is 12.1 Å². The fraction of sp³-hybridized carbons (Fsp3) is 0.318. The number of hydrogen-bond acceptors (Lipinski definition) is 3. The largest absolute Gasteiger partial charge is 0.325 e. The molecule has 2 aromatic carbocycles. The van der Waals surface area contributed by atoms with E-state index in [1.807, 2.05) is 26.0 Å².